The Hall–Kier alpha value is -7.10. The third-order valence-electron chi connectivity index (χ3n) is 11.7. The number of ether oxygens (including phenoxy) is 2. The number of amides is 4. The van der Waals surface area contributed by atoms with Crippen molar-refractivity contribution < 1.29 is 28.7 Å². The molecule has 16 heteroatoms. The maximum Gasteiger partial charge on any atom is 0.407 e. The van der Waals surface area contributed by atoms with Gasteiger partial charge in [0.1, 0.15) is 23.7 Å². The molecule has 0 saturated carbocycles. The van der Waals surface area contributed by atoms with Crippen molar-refractivity contribution >= 4 is 40.7 Å². The van der Waals surface area contributed by atoms with Crippen LogP contribution in [0.1, 0.15) is 75.4 Å². The van der Waals surface area contributed by atoms with E-state index in [0.717, 1.165) is 62.5 Å². The lowest BCUT2D eigenvalue weighted by molar-refractivity contribution is -0.136. The Morgan fingerprint density at radius 3 is 2.31 bits per heavy atom. The molecule has 0 aliphatic carbocycles. The van der Waals surface area contributed by atoms with Gasteiger partial charge in [0.05, 0.1) is 78.7 Å². The summed E-state index contributed by atoms with van der Waals surface area (Å²) >= 11 is 0. The van der Waals surface area contributed by atoms with E-state index in [4.69, 9.17) is 24.4 Å². The summed E-state index contributed by atoms with van der Waals surface area (Å²) in [5, 5.41) is 5.42. The zero-order valence-corrected chi connectivity index (χ0v) is 35.6. The highest BCUT2D eigenvalue weighted by molar-refractivity contribution is 6.02. The molecular weight excluding hydrogens is 789 g/mol. The Kier molecular flexibility index (Phi) is 11.7. The Bertz CT molecular complexity index is 2640. The minimum Gasteiger partial charge on any atom is -0.453 e. The zero-order valence-electron chi connectivity index (χ0n) is 35.6. The molecule has 0 bridgehead atoms. The first-order chi connectivity index (χ1) is 30.0. The summed E-state index contributed by atoms with van der Waals surface area (Å²) in [7, 11) is 2.57. The molecule has 6 aromatic rings. The number of hydrogen-bond donors (Lipinski definition) is 4. The minimum absolute atomic E-state index is 0.144. The summed E-state index contributed by atoms with van der Waals surface area (Å²) < 4.78 is 9.59. The quantitative estimate of drug-likeness (QED) is 0.0989. The molecule has 0 radical (unpaired) electrons. The molecule has 16 nitrogen and oxygen atoms in total. The van der Waals surface area contributed by atoms with Gasteiger partial charge >= 0.3 is 12.2 Å². The van der Waals surface area contributed by atoms with E-state index >= 15 is 0 Å². The molecule has 320 valence electrons. The molecule has 3 aromatic heterocycles. The first-order valence-electron chi connectivity index (χ1n) is 20.9. The van der Waals surface area contributed by atoms with Gasteiger partial charge < -0.3 is 35.0 Å². The number of imidazole rings is 2. The number of nitrogens with one attached hydrogen (secondary N) is 4. The average Bonchev–Trinajstić information content (AvgIpc) is 4.06. The Morgan fingerprint density at radius 1 is 0.855 bits per heavy atom. The molecule has 5 heterocycles. The second kappa shape index (κ2) is 17.5. The number of para-hydroxylation sites is 1. The summed E-state index contributed by atoms with van der Waals surface area (Å²) in [6, 6.07) is 17.7. The first-order valence-corrected chi connectivity index (χ1v) is 20.9. The normalized spacial score (nSPS) is 16.7. The van der Waals surface area contributed by atoms with Crippen molar-refractivity contribution in [1.82, 2.24) is 45.4 Å². The maximum absolute atomic E-state index is 14.0. The van der Waals surface area contributed by atoms with Crippen LogP contribution >= 0.6 is 0 Å². The van der Waals surface area contributed by atoms with E-state index in [-0.39, 0.29) is 29.8 Å². The summed E-state index contributed by atoms with van der Waals surface area (Å²) in [5.41, 5.74) is 9.46. The highest BCUT2D eigenvalue weighted by Gasteiger charge is 2.43. The van der Waals surface area contributed by atoms with Crippen molar-refractivity contribution in [2.75, 3.05) is 25.7 Å². The van der Waals surface area contributed by atoms with E-state index < -0.39 is 24.3 Å². The number of aromatic nitrogens is 6. The Morgan fingerprint density at radius 2 is 1.56 bits per heavy atom. The standard InChI is InChI=1S/C46H50N10O6/c1-7-19-55(44(58)39(25(2)3)54-46(60)62-6)26(4)41-48-23-36(51-41)28-13-11-27(12-14-28)35-22-47-34-20-30(16-17-32(34)50-35)37-24-49-42(52-37)38-21-31-10-8-9-29-15-18-33(53-45(59)61-5)43(57)56(38)40(29)31/h8-14,16-17,20,22-26,33,38-39H,7,15,18-19,21H2,1-6H3,(H,48,51)(H,49,52)(H,53,59)(H,54,60)/t26-,33-,38-,39-/m0/s1. The highest BCUT2D eigenvalue weighted by Crippen LogP contribution is 2.44. The number of nitrogens with zero attached hydrogens (tertiary/aromatic N) is 6. The van der Waals surface area contributed by atoms with Gasteiger partial charge in [-0.15, -0.1) is 0 Å². The van der Waals surface area contributed by atoms with E-state index in [2.05, 4.69) is 25.6 Å². The molecule has 8 rings (SSSR count). The van der Waals surface area contributed by atoms with Gasteiger partial charge in [0.25, 0.3) is 0 Å². The van der Waals surface area contributed by atoms with Crippen LogP contribution in [0.4, 0.5) is 15.3 Å². The number of H-pyrrole nitrogens is 2. The lowest BCUT2D eigenvalue weighted by Crippen LogP contribution is -2.52. The molecule has 4 atom stereocenters. The molecular formula is C46H50N10O6. The predicted molar refractivity (Wildman–Crippen MR) is 233 cm³/mol. The van der Waals surface area contributed by atoms with Crippen molar-refractivity contribution in [3.05, 3.63) is 102 Å². The van der Waals surface area contributed by atoms with Crippen LogP contribution in [0.3, 0.4) is 0 Å². The number of anilines is 1. The van der Waals surface area contributed by atoms with Crippen LogP contribution in [-0.4, -0.2) is 91.7 Å². The molecule has 0 spiro atoms. The SMILES string of the molecule is CCCN(C(=O)[C@@H](NC(=O)OC)C(C)C)[C@@H](C)c1ncc(-c2ccc(-c3cnc4cc(-c5cnc([C@@H]6Cc7cccc8c7N6C(=O)[C@@H](NC(=O)OC)CC8)[nH]5)ccc4n3)cc2)[nH]1. The number of fused-ring (bicyclic) bond motifs is 1. The second-order valence-corrected chi connectivity index (χ2v) is 16.0. The van der Waals surface area contributed by atoms with Crippen molar-refractivity contribution in [1.29, 1.82) is 0 Å². The van der Waals surface area contributed by atoms with E-state index in [0.29, 0.717) is 43.0 Å². The number of rotatable bonds is 12. The molecule has 4 N–H and O–H groups in total. The third-order valence-corrected chi connectivity index (χ3v) is 11.7. The van der Waals surface area contributed by atoms with Gasteiger partial charge in [-0.1, -0.05) is 69.3 Å². The van der Waals surface area contributed by atoms with Gasteiger partial charge in [-0.2, -0.15) is 0 Å². The van der Waals surface area contributed by atoms with E-state index in [1.54, 1.807) is 28.4 Å². The number of carbonyl (C=O) groups is 4. The van der Waals surface area contributed by atoms with Crippen LogP contribution < -0.4 is 15.5 Å². The number of aromatic amines is 2. The van der Waals surface area contributed by atoms with Crippen LogP contribution in [0.2, 0.25) is 0 Å². The first kappa shape index (κ1) is 41.6. The smallest absolute Gasteiger partial charge is 0.407 e. The summed E-state index contributed by atoms with van der Waals surface area (Å²) in [6.07, 6.45) is 6.45. The van der Waals surface area contributed by atoms with Crippen LogP contribution in [0, 0.1) is 5.92 Å². The number of aryl methyl sites for hydroxylation is 1. The Balaban J connectivity index is 0.970. The molecule has 0 fully saturated rings. The van der Waals surface area contributed by atoms with Gasteiger partial charge in [0.2, 0.25) is 11.8 Å². The van der Waals surface area contributed by atoms with Crippen LogP contribution in [0.25, 0.3) is 44.8 Å². The van der Waals surface area contributed by atoms with Crippen molar-refractivity contribution in [2.24, 2.45) is 5.92 Å². The lowest BCUT2D eigenvalue weighted by Gasteiger charge is -2.33. The second-order valence-electron chi connectivity index (χ2n) is 16.0. The van der Waals surface area contributed by atoms with Gasteiger partial charge in [-0.05, 0) is 60.9 Å². The molecule has 0 unspecified atom stereocenters. The number of methoxy groups -OCH3 is 2. The zero-order chi connectivity index (χ0) is 43.7. The van der Waals surface area contributed by atoms with Gasteiger partial charge in [-0.25, -0.2) is 24.5 Å². The van der Waals surface area contributed by atoms with Gasteiger partial charge in [0.15, 0.2) is 0 Å². The fourth-order valence-corrected chi connectivity index (χ4v) is 8.43. The van der Waals surface area contributed by atoms with Crippen LogP contribution in [0.15, 0.2) is 79.3 Å². The predicted octanol–water partition coefficient (Wildman–Crippen LogP) is 7.06. The van der Waals surface area contributed by atoms with Crippen molar-refractivity contribution in [3.8, 4) is 33.8 Å². The summed E-state index contributed by atoms with van der Waals surface area (Å²) in [5.74, 6) is 0.757. The largest absolute Gasteiger partial charge is 0.453 e. The Labute approximate surface area is 358 Å². The lowest BCUT2D eigenvalue weighted by atomic mass is 10.0. The number of alkyl carbamates (subject to hydrolysis) is 2. The number of benzene rings is 3. The van der Waals surface area contributed by atoms with Gasteiger partial charge in [-0.3, -0.25) is 19.5 Å². The maximum atomic E-state index is 14.0. The number of carbonyl (C=O) groups excluding carboxylic acids is 4. The summed E-state index contributed by atoms with van der Waals surface area (Å²) in [6.45, 7) is 8.19. The van der Waals surface area contributed by atoms with Gasteiger partial charge in [0, 0.05) is 24.1 Å². The fraction of sp³-hybridized carbons (Fsp3) is 0.348. The molecule has 62 heavy (non-hydrogen) atoms. The average molecular weight is 839 g/mol. The van der Waals surface area contributed by atoms with Crippen molar-refractivity contribution in [3.63, 3.8) is 0 Å². The fourth-order valence-electron chi connectivity index (χ4n) is 8.43. The third kappa shape index (κ3) is 8.07. The molecule has 4 amide bonds. The topological polar surface area (TPSA) is 200 Å². The molecule has 2 aliphatic heterocycles. The molecule has 0 saturated heterocycles. The van der Waals surface area contributed by atoms with E-state index in [9.17, 15) is 19.2 Å². The molecule has 2 aliphatic rings. The highest BCUT2D eigenvalue weighted by atomic mass is 16.5. The van der Waals surface area contributed by atoms with E-state index in [1.165, 1.54) is 14.2 Å². The monoisotopic (exact) mass is 838 g/mol. The van der Waals surface area contributed by atoms with Crippen LogP contribution in [-0.2, 0) is 31.9 Å². The van der Waals surface area contributed by atoms with Crippen molar-refractivity contribution in [2.45, 2.75) is 77.5 Å². The summed E-state index contributed by atoms with van der Waals surface area (Å²) in [4.78, 5) is 81.3. The van der Waals surface area contributed by atoms with Crippen LogP contribution in [0.5, 0.6) is 0 Å². The van der Waals surface area contributed by atoms with E-state index in [1.807, 2.05) is 88.4 Å². The minimum atomic E-state index is -0.739. The molecule has 3 aromatic carbocycles. The number of hydrogen-bond acceptors (Lipinski definition) is 10.